The third-order valence-corrected chi connectivity index (χ3v) is 10.7. The Morgan fingerprint density at radius 3 is 2.02 bits per heavy atom. The molecule has 0 N–H and O–H groups in total. The molecule has 0 fully saturated rings. The smallest absolute Gasteiger partial charge is 0.0695 e. The van der Waals surface area contributed by atoms with Gasteiger partial charge in [-0.15, -0.1) is 5.69 Å². The highest BCUT2D eigenvalue weighted by Crippen LogP contribution is 2.53. The molecular formula is C47H34N3-. The van der Waals surface area contributed by atoms with E-state index < -0.39 is 0 Å². The molecule has 0 bridgehead atoms. The number of para-hydroxylation sites is 2. The quantitative estimate of drug-likeness (QED) is 0.183. The molecule has 1 atom stereocenters. The topological polar surface area (TPSA) is 31.4 Å². The molecule has 10 rings (SSSR count). The number of aromatic nitrogens is 1. The molecule has 0 saturated heterocycles. The second-order valence-electron chi connectivity index (χ2n) is 13.9. The highest BCUT2D eigenvalue weighted by Gasteiger charge is 2.38. The van der Waals surface area contributed by atoms with Crippen LogP contribution in [0.15, 0.2) is 169 Å². The predicted octanol–water partition coefficient (Wildman–Crippen LogP) is 12.3. The number of rotatable bonds is 4. The Balaban J connectivity index is 1.08. The van der Waals surface area contributed by atoms with E-state index in [1.54, 1.807) is 0 Å². The first kappa shape index (κ1) is 28.8. The lowest BCUT2D eigenvalue weighted by atomic mass is 9.81. The molecule has 0 spiro atoms. The van der Waals surface area contributed by atoms with E-state index in [1.165, 1.54) is 55.2 Å². The van der Waals surface area contributed by atoms with E-state index in [0.29, 0.717) is 0 Å². The Morgan fingerprint density at radius 2 is 1.20 bits per heavy atom. The van der Waals surface area contributed by atoms with Crippen LogP contribution >= 0.6 is 0 Å². The minimum absolute atomic E-state index is 0.129. The van der Waals surface area contributed by atoms with Crippen LogP contribution in [-0.4, -0.2) is 10.3 Å². The van der Waals surface area contributed by atoms with Crippen LogP contribution in [0.4, 0.5) is 5.69 Å². The molecule has 3 nitrogen and oxygen atoms in total. The molecule has 1 aliphatic carbocycles. The molecule has 1 aliphatic heterocycles. The minimum atomic E-state index is -0.335. The van der Waals surface area contributed by atoms with E-state index in [0.717, 1.165) is 33.8 Å². The van der Waals surface area contributed by atoms with E-state index in [2.05, 4.69) is 182 Å². The lowest BCUT2D eigenvalue weighted by Gasteiger charge is -2.38. The summed E-state index contributed by atoms with van der Waals surface area (Å²) in [6.45, 7) is 4.74. The van der Waals surface area contributed by atoms with Crippen molar-refractivity contribution in [2.45, 2.75) is 25.4 Å². The molecule has 0 radical (unpaired) electrons. The van der Waals surface area contributed by atoms with Gasteiger partial charge in [-0.25, -0.2) is 0 Å². The highest BCUT2D eigenvalue weighted by molar-refractivity contribution is 6.17. The highest BCUT2D eigenvalue weighted by atomic mass is 15.1. The van der Waals surface area contributed by atoms with Crippen molar-refractivity contribution in [3.8, 4) is 27.9 Å². The van der Waals surface area contributed by atoms with Gasteiger partial charge in [-0.2, -0.15) is 0 Å². The summed E-state index contributed by atoms with van der Waals surface area (Å²) in [6, 6.07) is 58.9. The molecule has 1 unspecified atom stereocenters. The Bertz CT molecular complexity index is 2620. The molecule has 1 aromatic heterocycles. The Kier molecular flexibility index (Phi) is 6.28. The monoisotopic (exact) mass is 640 g/mol. The average Bonchev–Trinajstić information content (AvgIpc) is 3.63. The van der Waals surface area contributed by atoms with Crippen molar-refractivity contribution in [1.82, 2.24) is 4.57 Å². The molecule has 8 aromatic rings. The van der Waals surface area contributed by atoms with Gasteiger partial charge in [0.2, 0.25) is 0 Å². The van der Waals surface area contributed by atoms with E-state index in [4.69, 9.17) is 10.3 Å². The zero-order valence-corrected chi connectivity index (χ0v) is 28.0. The molecule has 238 valence electrons. The van der Waals surface area contributed by atoms with Crippen LogP contribution < -0.4 is 0 Å². The van der Waals surface area contributed by atoms with Gasteiger partial charge in [0.05, 0.1) is 16.7 Å². The normalized spacial score (nSPS) is 15.6. The van der Waals surface area contributed by atoms with E-state index in [-0.39, 0.29) is 11.6 Å². The number of nitrogens with zero attached hydrogens (tertiary/aromatic N) is 3. The Labute approximate surface area is 292 Å². The summed E-state index contributed by atoms with van der Waals surface area (Å²) in [5, 5.41) is 7.70. The summed E-state index contributed by atoms with van der Waals surface area (Å²) in [4.78, 5) is 5.29. The van der Waals surface area contributed by atoms with Crippen molar-refractivity contribution in [2.75, 3.05) is 0 Å². The Morgan fingerprint density at radius 1 is 0.540 bits per heavy atom. The van der Waals surface area contributed by atoms with Crippen molar-refractivity contribution >= 4 is 33.2 Å². The lowest BCUT2D eigenvalue weighted by molar-refractivity contribution is 0.664. The van der Waals surface area contributed by atoms with Crippen molar-refractivity contribution in [3.05, 3.63) is 197 Å². The zero-order chi connectivity index (χ0) is 33.4. The predicted molar refractivity (Wildman–Crippen MR) is 208 cm³/mol. The van der Waals surface area contributed by atoms with Crippen LogP contribution in [0.3, 0.4) is 0 Å². The van der Waals surface area contributed by atoms with Gasteiger partial charge in [0.25, 0.3) is 0 Å². The van der Waals surface area contributed by atoms with E-state index in [9.17, 15) is 0 Å². The summed E-state index contributed by atoms with van der Waals surface area (Å²) in [5.74, 6) is 0. The maximum atomic E-state index is 5.29. The number of hydrogen-bond acceptors (Lipinski definition) is 1. The van der Waals surface area contributed by atoms with Gasteiger partial charge in [0.1, 0.15) is 0 Å². The van der Waals surface area contributed by atoms with Crippen molar-refractivity contribution in [1.29, 1.82) is 0 Å². The van der Waals surface area contributed by atoms with Crippen LogP contribution in [0.1, 0.15) is 47.8 Å². The van der Waals surface area contributed by atoms with Gasteiger partial charge in [-0.3, -0.25) is 4.99 Å². The van der Waals surface area contributed by atoms with Gasteiger partial charge < -0.3 is 9.88 Å². The fraction of sp³-hybridized carbons (Fsp3) is 0.0851. The van der Waals surface area contributed by atoms with Crippen LogP contribution in [0.2, 0.25) is 0 Å². The standard InChI is InChI=1S/C47H34N3/c1-47(2)40-17-9-6-14-35(40)37-28-29-38-36-15-8-11-19-42(36)50(45(38)43(37)47)34-26-24-33(25-27-34)46-48-41-18-10-7-16-39(41)44(49-46)32-22-20-31(21-23-32)30-12-4-3-5-13-30/h3-29,46H,1-2H3/q-1. The zero-order valence-electron chi connectivity index (χ0n) is 28.0. The first-order valence-electron chi connectivity index (χ1n) is 17.4. The van der Waals surface area contributed by atoms with Gasteiger partial charge in [-0.05, 0) is 62.7 Å². The second-order valence-corrected chi connectivity index (χ2v) is 13.9. The van der Waals surface area contributed by atoms with E-state index in [1.807, 2.05) is 0 Å². The van der Waals surface area contributed by atoms with Gasteiger partial charge in [-0.1, -0.05) is 159 Å². The number of aliphatic imine (C=N–C) groups is 1. The fourth-order valence-electron chi connectivity index (χ4n) is 8.35. The van der Waals surface area contributed by atoms with Gasteiger partial charge >= 0.3 is 0 Å². The summed E-state index contributed by atoms with van der Waals surface area (Å²) in [5.41, 5.74) is 16.5. The van der Waals surface area contributed by atoms with Crippen LogP contribution in [-0.2, 0) is 5.41 Å². The maximum Gasteiger partial charge on any atom is 0.0695 e. The van der Waals surface area contributed by atoms with Gasteiger partial charge in [0.15, 0.2) is 0 Å². The summed E-state index contributed by atoms with van der Waals surface area (Å²) in [7, 11) is 0. The summed E-state index contributed by atoms with van der Waals surface area (Å²) >= 11 is 0. The van der Waals surface area contributed by atoms with E-state index >= 15 is 0 Å². The van der Waals surface area contributed by atoms with Crippen LogP contribution in [0.5, 0.6) is 0 Å². The number of benzene rings is 7. The van der Waals surface area contributed by atoms with Crippen LogP contribution in [0.25, 0.3) is 55.1 Å². The van der Waals surface area contributed by atoms with Crippen LogP contribution in [0, 0.1) is 0 Å². The second kappa shape index (κ2) is 10.9. The molecule has 2 aliphatic rings. The number of fused-ring (bicyclic) bond motifs is 8. The first-order valence-corrected chi connectivity index (χ1v) is 17.4. The molecule has 7 aromatic carbocycles. The lowest BCUT2D eigenvalue weighted by Crippen LogP contribution is -2.16. The van der Waals surface area contributed by atoms with Gasteiger partial charge in [0, 0.05) is 33.6 Å². The Hall–Kier alpha value is -6.19. The summed E-state index contributed by atoms with van der Waals surface area (Å²) < 4.78 is 2.47. The third kappa shape index (κ3) is 4.26. The molecular weight excluding hydrogens is 607 g/mol. The van der Waals surface area contributed by atoms with Crippen molar-refractivity contribution < 1.29 is 0 Å². The SMILES string of the molecule is CC1(C)c2ccccc2-c2ccc3c4ccccc4n(-c4ccc(C5N=C(c6ccc(-c7ccccc7)cc6)c6ccccc6[N-]5)cc4)c3c21. The van der Waals surface area contributed by atoms with Crippen molar-refractivity contribution in [3.63, 3.8) is 0 Å². The molecule has 0 amide bonds. The summed E-state index contributed by atoms with van der Waals surface area (Å²) in [6.07, 6.45) is -0.335. The molecule has 2 heterocycles. The maximum absolute atomic E-state index is 5.29. The minimum Gasteiger partial charge on any atom is -0.659 e. The number of hydrogen-bond donors (Lipinski definition) is 0. The van der Waals surface area contributed by atoms with Crippen molar-refractivity contribution in [2.24, 2.45) is 4.99 Å². The first-order chi connectivity index (χ1) is 24.6. The third-order valence-electron chi connectivity index (χ3n) is 10.7. The molecule has 50 heavy (non-hydrogen) atoms. The largest absolute Gasteiger partial charge is 0.659 e. The fourth-order valence-corrected chi connectivity index (χ4v) is 8.35. The molecule has 3 heteroatoms. The average molecular weight is 641 g/mol. The molecule has 0 saturated carbocycles.